The summed E-state index contributed by atoms with van der Waals surface area (Å²) in [6.45, 7) is 6.39. The first-order valence-corrected chi connectivity index (χ1v) is 8.65. The Bertz CT molecular complexity index is 958. The molecule has 1 atom stereocenters. The van der Waals surface area contributed by atoms with E-state index in [0.717, 1.165) is 39.0 Å². The molecule has 5 heteroatoms. The largest absolute Gasteiger partial charge is 0.494 e. The minimum Gasteiger partial charge on any atom is -0.494 e. The predicted octanol–water partition coefficient (Wildman–Crippen LogP) is 3.82. The van der Waals surface area contributed by atoms with Crippen LogP contribution in [0.15, 0.2) is 42.5 Å². The van der Waals surface area contributed by atoms with E-state index in [1.165, 1.54) is 0 Å². The van der Waals surface area contributed by atoms with E-state index in [0.29, 0.717) is 6.61 Å². The molecule has 3 rings (SSSR count). The molecular formula is C21H23NO4. The minimum absolute atomic E-state index is 0.0426. The number of aromatic nitrogens is 1. The highest BCUT2D eigenvalue weighted by molar-refractivity contribution is 5.88. The van der Waals surface area contributed by atoms with Gasteiger partial charge in [-0.15, -0.1) is 0 Å². The Morgan fingerprint density at radius 2 is 1.96 bits per heavy atom. The molecule has 0 radical (unpaired) electrons. The minimum atomic E-state index is -0.870. The summed E-state index contributed by atoms with van der Waals surface area (Å²) in [5.74, 6) is -0.0631. The van der Waals surface area contributed by atoms with Crippen LogP contribution < -0.4 is 4.74 Å². The molecule has 136 valence electrons. The number of nitrogens with zero attached hydrogens (tertiary/aromatic N) is 1. The Morgan fingerprint density at radius 3 is 2.62 bits per heavy atom. The molecule has 0 amide bonds. The van der Waals surface area contributed by atoms with Crippen molar-refractivity contribution in [1.29, 1.82) is 0 Å². The van der Waals surface area contributed by atoms with Crippen LogP contribution in [-0.4, -0.2) is 27.4 Å². The van der Waals surface area contributed by atoms with E-state index in [-0.39, 0.29) is 6.42 Å². The van der Waals surface area contributed by atoms with Crippen molar-refractivity contribution in [2.75, 3.05) is 6.61 Å². The van der Waals surface area contributed by atoms with E-state index in [9.17, 15) is 9.90 Å². The van der Waals surface area contributed by atoms with Crippen molar-refractivity contribution in [3.05, 3.63) is 64.8 Å². The van der Waals surface area contributed by atoms with Gasteiger partial charge in [-0.05, 0) is 56.2 Å². The smallest absolute Gasteiger partial charge is 0.307 e. The molecule has 3 aromatic rings. The molecule has 0 saturated heterocycles. The molecule has 0 fully saturated rings. The quantitative estimate of drug-likeness (QED) is 0.707. The average Bonchev–Trinajstić information content (AvgIpc) is 2.93. The van der Waals surface area contributed by atoms with Crippen LogP contribution in [0.1, 0.15) is 35.5 Å². The molecule has 1 aromatic heterocycles. The van der Waals surface area contributed by atoms with Crippen molar-refractivity contribution in [1.82, 2.24) is 4.57 Å². The maximum absolute atomic E-state index is 11.1. The maximum atomic E-state index is 11.1. The van der Waals surface area contributed by atoms with E-state index >= 15 is 0 Å². The number of hydrogen-bond acceptors (Lipinski definition) is 3. The van der Waals surface area contributed by atoms with Gasteiger partial charge in [-0.2, -0.15) is 0 Å². The first-order valence-electron chi connectivity index (χ1n) is 8.65. The molecule has 0 spiro atoms. The Kier molecular flexibility index (Phi) is 5.00. The lowest BCUT2D eigenvalue weighted by Crippen LogP contribution is -2.11. The number of aryl methyl sites for hydroxylation is 2. The molecule has 1 unspecified atom stereocenters. The van der Waals surface area contributed by atoms with E-state index in [2.05, 4.69) is 0 Å². The fraction of sp³-hybridized carbons (Fsp3) is 0.286. The van der Waals surface area contributed by atoms with Crippen LogP contribution in [0.3, 0.4) is 0 Å². The van der Waals surface area contributed by atoms with E-state index in [4.69, 9.17) is 9.84 Å². The van der Waals surface area contributed by atoms with Gasteiger partial charge in [0, 0.05) is 16.6 Å². The molecule has 0 saturated carbocycles. The number of benzene rings is 2. The van der Waals surface area contributed by atoms with Crippen LogP contribution in [-0.2, 0) is 11.2 Å². The second-order valence-electron chi connectivity index (χ2n) is 6.41. The highest BCUT2D eigenvalue weighted by atomic mass is 16.5. The molecule has 1 heterocycles. The topological polar surface area (TPSA) is 71.7 Å². The zero-order valence-corrected chi connectivity index (χ0v) is 15.2. The lowest BCUT2D eigenvalue weighted by molar-refractivity contribution is -0.136. The van der Waals surface area contributed by atoms with Crippen LogP contribution >= 0.6 is 0 Å². The van der Waals surface area contributed by atoms with Crippen molar-refractivity contribution >= 4 is 16.9 Å². The Morgan fingerprint density at radius 1 is 1.19 bits per heavy atom. The normalized spacial score (nSPS) is 12.3. The Hall–Kier alpha value is -2.79. The molecular weight excluding hydrogens is 330 g/mol. The summed E-state index contributed by atoms with van der Waals surface area (Å²) in [5.41, 5.74) is 4.16. The van der Waals surface area contributed by atoms with Crippen molar-refractivity contribution < 1.29 is 19.7 Å². The van der Waals surface area contributed by atoms with Gasteiger partial charge in [-0.1, -0.05) is 18.2 Å². The van der Waals surface area contributed by atoms with Gasteiger partial charge in [0.1, 0.15) is 5.75 Å². The summed E-state index contributed by atoms with van der Waals surface area (Å²) in [6.07, 6.45) is -0.902. The predicted molar refractivity (Wildman–Crippen MR) is 101 cm³/mol. The van der Waals surface area contributed by atoms with Crippen molar-refractivity contribution in [3.63, 3.8) is 0 Å². The summed E-state index contributed by atoms with van der Waals surface area (Å²) < 4.78 is 7.39. The number of aliphatic hydroxyl groups excluding tert-OH is 1. The SMILES string of the molecule is CCOc1ccc(C(O)n2c(C)cc3c(CC(=O)O)cccc32)cc1C. The number of hydrogen-bond donors (Lipinski definition) is 2. The van der Waals surface area contributed by atoms with Crippen LogP contribution in [0.5, 0.6) is 5.75 Å². The number of fused-ring (bicyclic) bond motifs is 1. The summed E-state index contributed by atoms with van der Waals surface area (Å²) in [5, 5.41) is 21.0. The van der Waals surface area contributed by atoms with Crippen molar-refractivity contribution in [2.45, 2.75) is 33.4 Å². The molecule has 0 bridgehead atoms. The standard InChI is InChI=1S/C21H23NO4/c1-4-26-19-9-8-16(10-13(19)2)21(25)22-14(3)11-17-15(12-20(23)24)6-5-7-18(17)22/h5-11,21,25H,4,12H2,1-3H3,(H,23,24). The molecule has 2 N–H and O–H groups in total. The molecule has 0 aliphatic rings. The fourth-order valence-corrected chi connectivity index (χ4v) is 3.39. The van der Waals surface area contributed by atoms with Crippen LogP contribution in [0.25, 0.3) is 10.9 Å². The van der Waals surface area contributed by atoms with Gasteiger partial charge in [0.05, 0.1) is 18.5 Å². The average molecular weight is 353 g/mol. The summed E-state index contributed by atoms with van der Waals surface area (Å²) >= 11 is 0. The van der Waals surface area contributed by atoms with Crippen molar-refractivity contribution in [3.8, 4) is 5.75 Å². The fourth-order valence-electron chi connectivity index (χ4n) is 3.39. The van der Waals surface area contributed by atoms with Gasteiger partial charge < -0.3 is 19.5 Å². The summed E-state index contributed by atoms with van der Waals surface area (Å²) in [6, 6.07) is 13.1. The number of aliphatic hydroxyl groups is 1. The number of rotatable bonds is 6. The highest BCUT2D eigenvalue weighted by Gasteiger charge is 2.18. The Balaban J connectivity index is 2.06. The third-order valence-electron chi connectivity index (χ3n) is 4.55. The number of carboxylic acid groups (broad SMARTS) is 1. The summed E-state index contributed by atoms with van der Waals surface area (Å²) in [4.78, 5) is 11.1. The second kappa shape index (κ2) is 7.22. The maximum Gasteiger partial charge on any atom is 0.307 e. The van der Waals surface area contributed by atoms with Gasteiger partial charge in [0.15, 0.2) is 6.23 Å². The van der Waals surface area contributed by atoms with Gasteiger partial charge in [-0.3, -0.25) is 4.79 Å². The van der Waals surface area contributed by atoms with Crippen LogP contribution in [0.2, 0.25) is 0 Å². The number of ether oxygens (including phenoxy) is 1. The monoisotopic (exact) mass is 353 g/mol. The molecule has 0 aliphatic heterocycles. The van der Waals surface area contributed by atoms with Gasteiger partial charge in [-0.25, -0.2) is 0 Å². The van der Waals surface area contributed by atoms with Gasteiger partial charge >= 0.3 is 5.97 Å². The zero-order valence-electron chi connectivity index (χ0n) is 15.2. The third-order valence-corrected chi connectivity index (χ3v) is 4.55. The first-order chi connectivity index (χ1) is 12.4. The molecule has 5 nitrogen and oxygen atoms in total. The van der Waals surface area contributed by atoms with Crippen LogP contribution in [0.4, 0.5) is 0 Å². The molecule has 26 heavy (non-hydrogen) atoms. The molecule has 2 aromatic carbocycles. The number of aliphatic carboxylic acids is 1. The van der Waals surface area contributed by atoms with E-state index in [1.54, 1.807) is 0 Å². The van der Waals surface area contributed by atoms with Gasteiger partial charge in [0.2, 0.25) is 0 Å². The lowest BCUT2D eigenvalue weighted by atomic mass is 10.1. The van der Waals surface area contributed by atoms with Gasteiger partial charge in [0.25, 0.3) is 0 Å². The second-order valence-corrected chi connectivity index (χ2v) is 6.41. The van der Waals surface area contributed by atoms with E-state index in [1.807, 2.05) is 67.8 Å². The van der Waals surface area contributed by atoms with Crippen LogP contribution in [0, 0.1) is 13.8 Å². The van der Waals surface area contributed by atoms with Crippen molar-refractivity contribution in [2.24, 2.45) is 0 Å². The molecule has 0 aliphatic carbocycles. The highest BCUT2D eigenvalue weighted by Crippen LogP contribution is 2.30. The number of carbonyl (C=O) groups is 1. The number of carboxylic acids is 1. The lowest BCUT2D eigenvalue weighted by Gasteiger charge is -2.18. The van der Waals surface area contributed by atoms with E-state index < -0.39 is 12.2 Å². The third kappa shape index (κ3) is 3.30. The zero-order chi connectivity index (χ0) is 18.8. The first kappa shape index (κ1) is 18.0. The summed E-state index contributed by atoms with van der Waals surface area (Å²) in [7, 11) is 0. The Labute approximate surface area is 152 Å².